The Balaban J connectivity index is 1.97. The number of benzene rings is 1. The maximum atomic E-state index is 12.5. The first-order valence-electron chi connectivity index (χ1n) is 6.97. The van der Waals surface area contributed by atoms with Gasteiger partial charge in [0, 0.05) is 16.5 Å². The van der Waals surface area contributed by atoms with Gasteiger partial charge in [0.15, 0.2) is 10.8 Å². The van der Waals surface area contributed by atoms with Gasteiger partial charge in [-0.15, -0.1) is 11.3 Å². The minimum atomic E-state index is -0.768. The monoisotopic (exact) mass is 343 g/mol. The number of fused-ring (bicyclic) bond motifs is 1. The number of thiazole rings is 1. The van der Waals surface area contributed by atoms with Gasteiger partial charge < -0.3 is 11.1 Å². The van der Waals surface area contributed by atoms with Crippen LogP contribution in [0.1, 0.15) is 15.4 Å². The topological polar surface area (TPSA) is 120 Å². The highest BCUT2D eigenvalue weighted by Crippen LogP contribution is 2.16. The summed E-state index contributed by atoms with van der Waals surface area (Å²) >= 11 is 1.32. The summed E-state index contributed by atoms with van der Waals surface area (Å²) in [6.07, 6.45) is 1.63. The van der Waals surface area contributed by atoms with Crippen molar-refractivity contribution in [3.63, 3.8) is 0 Å². The van der Waals surface area contributed by atoms with E-state index >= 15 is 0 Å². The number of anilines is 1. The smallest absolute Gasteiger partial charge is 0.275 e. The molecule has 0 radical (unpaired) electrons. The average molecular weight is 343 g/mol. The number of primary amides is 1. The average Bonchev–Trinajstić information content (AvgIpc) is 2.94. The van der Waals surface area contributed by atoms with E-state index in [1.54, 1.807) is 30.5 Å². The third kappa shape index (κ3) is 3.01. The molecule has 8 nitrogen and oxygen atoms in total. The first-order chi connectivity index (χ1) is 11.5. The standard InChI is InChI=1S/C15H13N5O3S/c1-8-6-17-15(24-8)18-11(21)7-20-14(23)10-5-3-2-4-9(10)12(19-20)13(16)22/h2-6H,7H2,1H3,(H2,16,22)(H,17,18,21). The van der Waals surface area contributed by atoms with Crippen molar-refractivity contribution in [3.05, 3.63) is 51.4 Å². The van der Waals surface area contributed by atoms with Crippen molar-refractivity contribution < 1.29 is 9.59 Å². The molecule has 0 aliphatic heterocycles. The van der Waals surface area contributed by atoms with Crippen molar-refractivity contribution in [3.8, 4) is 0 Å². The zero-order valence-electron chi connectivity index (χ0n) is 12.6. The molecule has 0 bridgehead atoms. The fourth-order valence-electron chi connectivity index (χ4n) is 2.23. The highest BCUT2D eigenvalue weighted by Gasteiger charge is 2.16. The number of aromatic nitrogens is 3. The van der Waals surface area contributed by atoms with Crippen LogP contribution in [0.25, 0.3) is 10.8 Å². The summed E-state index contributed by atoms with van der Waals surface area (Å²) in [7, 11) is 0. The molecule has 0 unspecified atom stereocenters. The Kier molecular flexibility index (Phi) is 4.09. The van der Waals surface area contributed by atoms with Crippen LogP contribution in [0.4, 0.5) is 5.13 Å². The summed E-state index contributed by atoms with van der Waals surface area (Å²) in [4.78, 5) is 41.1. The Labute approximate surface area is 139 Å². The van der Waals surface area contributed by atoms with Crippen LogP contribution in [-0.4, -0.2) is 26.6 Å². The Morgan fingerprint density at radius 2 is 2.00 bits per heavy atom. The number of carbonyl (C=O) groups excluding carboxylic acids is 2. The van der Waals surface area contributed by atoms with E-state index in [2.05, 4.69) is 15.4 Å². The molecule has 0 saturated carbocycles. The van der Waals surface area contributed by atoms with E-state index in [0.717, 1.165) is 9.56 Å². The molecule has 2 amide bonds. The molecular formula is C15H13N5O3S. The lowest BCUT2D eigenvalue weighted by atomic mass is 10.1. The first kappa shape index (κ1) is 15.8. The van der Waals surface area contributed by atoms with Crippen molar-refractivity contribution in [2.45, 2.75) is 13.5 Å². The van der Waals surface area contributed by atoms with Gasteiger partial charge in [-0.3, -0.25) is 14.4 Å². The highest BCUT2D eigenvalue weighted by molar-refractivity contribution is 7.15. The molecule has 3 N–H and O–H groups in total. The van der Waals surface area contributed by atoms with Crippen molar-refractivity contribution in [2.75, 3.05) is 5.32 Å². The van der Waals surface area contributed by atoms with Gasteiger partial charge in [0.25, 0.3) is 11.5 Å². The Morgan fingerprint density at radius 3 is 2.62 bits per heavy atom. The fourth-order valence-corrected chi connectivity index (χ4v) is 2.91. The summed E-state index contributed by atoms with van der Waals surface area (Å²) < 4.78 is 0.929. The van der Waals surface area contributed by atoms with Crippen LogP contribution < -0.4 is 16.6 Å². The summed E-state index contributed by atoms with van der Waals surface area (Å²) in [5, 5.41) is 7.60. The van der Waals surface area contributed by atoms with E-state index in [4.69, 9.17) is 5.73 Å². The summed E-state index contributed by atoms with van der Waals surface area (Å²) in [5.41, 5.74) is 4.81. The molecule has 3 rings (SSSR count). The molecular weight excluding hydrogens is 330 g/mol. The highest BCUT2D eigenvalue weighted by atomic mass is 32.1. The number of hydrogen-bond donors (Lipinski definition) is 2. The third-order valence-electron chi connectivity index (χ3n) is 3.26. The van der Waals surface area contributed by atoms with Crippen molar-refractivity contribution in [1.82, 2.24) is 14.8 Å². The molecule has 9 heteroatoms. The SMILES string of the molecule is Cc1cnc(NC(=O)Cn2nc(C(N)=O)c3ccccc3c2=O)s1. The van der Waals surface area contributed by atoms with Crippen LogP contribution >= 0.6 is 11.3 Å². The van der Waals surface area contributed by atoms with Gasteiger partial charge in [0.2, 0.25) is 5.91 Å². The minimum Gasteiger partial charge on any atom is -0.364 e. The number of amides is 2. The number of nitrogens with two attached hydrogens (primary N) is 1. The van der Waals surface area contributed by atoms with Crippen LogP contribution in [0, 0.1) is 6.92 Å². The van der Waals surface area contributed by atoms with Crippen molar-refractivity contribution in [2.24, 2.45) is 5.73 Å². The van der Waals surface area contributed by atoms with Crippen LogP contribution in [-0.2, 0) is 11.3 Å². The number of rotatable bonds is 4. The van der Waals surface area contributed by atoms with Crippen LogP contribution in [0.5, 0.6) is 0 Å². The maximum Gasteiger partial charge on any atom is 0.275 e. The molecule has 1 aromatic carbocycles. The largest absolute Gasteiger partial charge is 0.364 e. The molecule has 24 heavy (non-hydrogen) atoms. The summed E-state index contributed by atoms with van der Waals surface area (Å²) in [6.45, 7) is 1.52. The van der Waals surface area contributed by atoms with E-state index in [1.165, 1.54) is 11.3 Å². The quantitative estimate of drug-likeness (QED) is 0.729. The Hall–Kier alpha value is -3.07. The molecule has 0 atom stereocenters. The fraction of sp³-hybridized carbons (Fsp3) is 0.133. The molecule has 0 aliphatic carbocycles. The van der Waals surface area contributed by atoms with Gasteiger partial charge in [0.1, 0.15) is 6.54 Å². The lowest BCUT2D eigenvalue weighted by Crippen LogP contribution is -2.32. The predicted octanol–water partition coefficient (Wildman–Crippen LogP) is 0.899. The third-order valence-corrected chi connectivity index (χ3v) is 4.09. The summed E-state index contributed by atoms with van der Waals surface area (Å²) in [5.74, 6) is -1.24. The summed E-state index contributed by atoms with van der Waals surface area (Å²) in [6, 6.07) is 6.49. The molecule has 2 aromatic heterocycles. The molecule has 0 fully saturated rings. The Morgan fingerprint density at radius 1 is 1.29 bits per heavy atom. The van der Waals surface area contributed by atoms with E-state index in [1.807, 2.05) is 6.92 Å². The van der Waals surface area contributed by atoms with Gasteiger partial charge in [-0.2, -0.15) is 5.10 Å². The van der Waals surface area contributed by atoms with Crippen LogP contribution in [0.3, 0.4) is 0 Å². The van der Waals surface area contributed by atoms with E-state index in [0.29, 0.717) is 10.5 Å². The maximum absolute atomic E-state index is 12.5. The van der Waals surface area contributed by atoms with Crippen molar-refractivity contribution >= 4 is 39.1 Å². The van der Waals surface area contributed by atoms with Crippen molar-refractivity contribution in [1.29, 1.82) is 0 Å². The zero-order valence-corrected chi connectivity index (χ0v) is 13.5. The molecule has 0 aliphatic rings. The first-order valence-corrected chi connectivity index (χ1v) is 7.79. The molecule has 0 spiro atoms. The van der Waals surface area contributed by atoms with Gasteiger partial charge in [-0.25, -0.2) is 9.67 Å². The van der Waals surface area contributed by atoms with Gasteiger partial charge in [0.05, 0.1) is 5.39 Å². The Bertz CT molecular complexity index is 1010. The number of hydrogen-bond acceptors (Lipinski definition) is 6. The van der Waals surface area contributed by atoms with E-state index in [9.17, 15) is 14.4 Å². The normalized spacial score (nSPS) is 10.7. The van der Waals surface area contributed by atoms with E-state index < -0.39 is 17.4 Å². The predicted molar refractivity (Wildman–Crippen MR) is 90.0 cm³/mol. The minimum absolute atomic E-state index is 0.0527. The zero-order chi connectivity index (χ0) is 17.3. The lowest BCUT2D eigenvalue weighted by Gasteiger charge is -2.08. The van der Waals surface area contributed by atoms with Gasteiger partial charge in [-0.05, 0) is 13.0 Å². The molecule has 122 valence electrons. The van der Waals surface area contributed by atoms with Gasteiger partial charge >= 0.3 is 0 Å². The molecule has 2 heterocycles. The van der Waals surface area contributed by atoms with Crippen LogP contribution in [0.15, 0.2) is 35.3 Å². The second-order valence-electron chi connectivity index (χ2n) is 5.05. The molecule has 3 aromatic rings. The van der Waals surface area contributed by atoms with Gasteiger partial charge in [-0.1, -0.05) is 18.2 Å². The van der Waals surface area contributed by atoms with Crippen LogP contribution in [0.2, 0.25) is 0 Å². The second kappa shape index (κ2) is 6.20. The van der Waals surface area contributed by atoms with E-state index in [-0.39, 0.29) is 17.6 Å². The lowest BCUT2D eigenvalue weighted by molar-refractivity contribution is -0.117. The molecule has 0 saturated heterocycles. The number of nitrogens with one attached hydrogen (secondary N) is 1. The number of carbonyl (C=O) groups is 2. The number of aryl methyl sites for hydroxylation is 1. The number of nitrogens with zero attached hydrogens (tertiary/aromatic N) is 3. The second-order valence-corrected chi connectivity index (χ2v) is 6.28.